The van der Waals surface area contributed by atoms with E-state index in [0.717, 1.165) is 42.5 Å². The van der Waals surface area contributed by atoms with Gasteiger partial charge in [-0.3, -0.25) is 0 Å². The molecule has 0 saturated carbocycles. The van der Waals surface area contributed by atoms with E-state index in [4.69, 9.17) is 0 Å². The van der Waals surface area contributed by atoms with Gasteiger partial charge in [0.1, 0.15) is 17.8 Å². The molecule has 9 heteroatoms. The highest BCUT2D eigenvalue weighted by Crippen LogP contribution is 2.30. The van der Waals surface area contributed by atoms with Crippen LogP contribution >= 0.6 is 0 Å². The molecule has 0 radical (unpaired) electrons. The summed E-state index contributed by atoms with van der Waals surface area (Å²) in [5.41, 5.74) is 0.799. The third kappa shape index (κ3) is 3.43. The van der Waals surface area contributed by atoms with Crippen LogP contribution < -0.4 is 4.90 Å². The predicted octanol–water partition coefficient (Wildman–Crippen LogP) is 1.84. The van der Waals surface area contributed by atoms with Crippen molar-refractivity contribution >= 4 is 27.1 Å². The first-order valence-electron chi connectivity index (χ1n) is 9.74. The molecule has 2 aromatic heterocycles. The summed E-state index contributed by atoms with van der Waals surface area (Å²) in [5.74, 6) is 1.22. The summed E-state index contributed by atoms with van der Waals surface area (Å²) in [6, 6.07) is 2.04. The summed E-state index contributed by atoms with van der Waals surface area (Å²) in [6.45, 7) is 4.57. The standard InChI is InChI=1S/C18H28N6O2S/c1-14-7-11-24(27(25,26)23-9-4-3-5-10-23)12-16(14)22(2)18-15-6-8-19-17(15)20-13-21-18/h6,8,13-14,16H,3-5,7,9-12H2,1-2H3,(H,19,20,21). The van der Waals surface area contributed by atoms with Crippen LogP contribution in [0.15, 0.2) is 18.6 Å². The van der Waals surface area contributed by atoms with Gasteiger partial charge in [0, 0.05) is 45.5 Å². The Morgan fingerprint density at radius 2 is 1.93 bits per heavy atom. The van der Waals surface area contributed by atoms with Gasteiger partial charge in [0.2, 0.25) is 0 Å². The van der Waals surface area contributed by atoms with Crippen molar-refractivity contribution in [2.45, 2.75) is 38.6 Å². The van der Waals surface area contributed by atoms with E-state index in [1.807, 2.05) is 19.3 Å². The molecule has 0 aliphatic carbocycles. The quantitative estimate of drug-likeness (QED) is 0.858. The molecule has 1 N–H and O–H groups in total. The maximum absolute atomic E-state index is 13.1. The van der Waals surface area contributed by atoms with Crippen LogP contribution in [0.2, 0.25) is 0 Å². The van der Waals surface area contributed by atoms with Gasteiger partial charge < -0.3 is 9.88 Å². The Morgan fingerprint density at radius 3 is 2.70 bits per heavy atom. The van der Waals surface area contributed by atoms with E-state index in [9.17, 15) is 8.42 Å². The zero-order valence-electron chi connectivity index (χ0n) is 16.0. The Kier molecular flexibility index (Phi) is 5.09. The SMILES string of the molecule is CC1CCN(S(=O)(=O)N2CCCCC2)CC1N(C)c1ncnc2[nH]ccc12. The minimum absolute atomic E-state index is 0.0753. The van der Waals surface area contributed by atoms with Crippen molar-refractivity contribution in [1.29, 1.82) is 0 Å². The normalized spacial score (nSPS) is 25.7. The van der Waals surface area contributed by atoms with Crippen LogP contribution in [0.5, 0.6) is 0 Å². The third-order valence-corrected chi connectivity index (χ3v) is 8.02. The van der Waals surface area contributed by atoms with Crippen molar-refractivity contribution in [3.05, 3.63) is 18.6 Å². The van der Waals surface area contributed by atoms with Crippen LogP contribution in [0.1, 0.15) is 32.6 Å². The third-order valence-electron chi connectivity index (χ3n) is 6.01. The van der Waals surface area contributed by atoms with Gasteiger partial charge in [-0.15, -0.1) is 0 Å². The Hall–Kier alpha value is -1.71. The number of aromatic nitrogens is 3. The maximum Gasteiger partial charge on any atom is 0.282 e. The van der Waals surface area contributed by atoms with Gasteiger partial charge in [0.25, 0.3) is 10.2 Å². The molecule has 2 fully saturated rings. The molecule has 2 aliphatic rings. The first-order chi connectivity index (χ1) is 13.0. The molecule has 4 heterocycles. The summed E-state index contributed by atoms with van der Waals surface area (Å²) in [6.07, 6.45) is 7.30. The number of aromatic amines is 1. The van der Waals surface area contributed by atoms with E-state index in [1.54, 1.807) is 14.9 Å². The molecule has 2 saturated heterocycles. The van der Waals surface area contributed by atoms with Crippen molar-refractivity contribution in [2.24, 2.45) is 5.92 Å². The van der Waals surface area contributed by atoms with Crippen LogP contribution in [0.3, 0.4) is 0 Å². The smallest absolute Gasteiger partial charge is 0.282 e. The Bertz CT molecular complexity index is 892. The Balaban J connectivity index is 1.58. The number of nitrogens with one attached hydrogen (secondary N) is 1. The maximum atomic E-state index is 13.1. The molecule has 0 spiro atoms. The summed E-state index contributed by atoms with van der Waals surface area (Å²) in [5, 5.41) is 0.961. The largest absolute Gasteiger partial charge is 0.354 e. The average molecular weight is 393 g/mol. The van der Waals surface area contributed by atoms with Gasteiger partial charge in [-0.05, 0) is 31.2 Å². The van der Waals surface area contributed by atoms with Crippen molar-refractivity contribution in [2.75, 3.05) is 38.1 Å². The minimum atomic E-state index is -3.39. The van der Waals surface area contributed by atoms with Crippen molar-refractivity contribution in [1.82, 2.24) is 23.6 Å². The van der Waals surface area contributed by atoms with Crippen LogP contribution in [0.25, 0.3) is 11.0 Å². The lowest BCUT2D eigenvalue weighted by Crippen LogP contribution is -2.56. The van der Waals surface area contributed by atoms with Gasteiger partial charge >= 0.3 is 0 Å². The second-order valence-electron chi connectivity index (χ2n) is 7.71. The number of anilines is 1. The van der Waals surface area contributed by atoms with Gasteiger partial charge in [-0.1, -0.05) is 13.3 Å². The zero-order valence-corrected chi connectivity index (χ0v) is 16.8. The molecule has 2 aliphatic heterocycles. The molecule has 2 atom stereocenters. The Morgan fingerprint density at radius 1 is 1.15 bits per heavy atom. The first kappa shape index (κ1) is 18.6. The summed E-state index contributed by atoms with van der Waals surface area (Å²) < 4.78 is 29.6. The first-order valence-corrected chi connectivity index (χ1v) is 11.1. The number of H-pyrrole nitrogens is 1. The second kappa shape index (κ2) is 7.37. The van der Waals surface area contributed by atoms with E-state index in [1.165, 1.54) is 0 Å². The lowest BCUT2D eigenvalue weighted by molar-refractivity contribution is 0.225. The summed E-state index contributed by atoms with van der Waals surface area (Å²) >= 11 is 0. The van der Waals surface area contributed by atoms with E-state index >= 15 is 0 Å². The monoisotopic (exact) mass is 392 g/mol. The molecular weight excluding hydrogens is 364 g/mol. The molecule has 8 nitrogen and oxygen atoms in total. The highest BCUT2D eigenvalue weighted by Gasteiger charge is 2.38. The molecular formula is C18H28N6O2S. The molecule has 0 bridgehead atoms. The van der Waals surface area contributed by atoms with Crippen LogP contribution in [-0.4, -0.2) is 71.2 Å². The molecule has 2 aromatic rings. The zero-order chi connectivity index (χ0) is 19.0. The van der Waals surface area contributed by atoms with Gasteiger partial charge in [-0.25, -0.2) is 9.97 Å². The summed E-state index contributed by atoms with van der Waals surface area (Å²) in [4.78, 5) is 14.0. The highest BCUT2D eigenvalue weighted by atomic mass is 32.2. The van der Waals surface area contributed by atoms with Crippen molar-refractivity contribution in [3.8, 4) is 0 Å². The van der Waals surface area contributed by atoms with E-state index in [2.05, 4.69) is 26.8 Å². The number of rotatable bonds is 4. The fourth-order valence-corrected chi connectivity index (χ4v) is 6.01. The number of fused-ring (bicyclic) bond motifs is 1. The topological polar surface area (TPSA) is 85.4 Å². The van der Waals surface area contributed by atoms with Crippen molar-refractivity contribution < 1.29 is 8.42 Å². The fraction of sp³-hybridized carbons (Fsp3) is 0.667. The fourth-order valence-electron chi connectivity index (χ4n) is 4.29. The number of hydrogen-bond acceptors (Lipinski definition) is 5. The van der Waals surface area contributed by atoms with E-state index in [-0.39, 0.29) is 6.04 Å². The molecule has 0 aromatic carbocycles. The molecule has 2 unspecified atom stereocenters. The van der Waals surface area contributed by atoms with Crippen LogP contribution in [0.4, 0.5) is 5.82 Å². The van der Waals surface area contributed by atoms with Gasteiger partial charge in [-0.2, -0.15) is 17.0 Å². The number of nitrogens with zero attached hydrogens (tertiary/aromatic N) is 5. The van der Waals surface area contributed by atoms with Gasteiger partial charge in [0.05, 0.1) is 5.39 Å². The molecule has 4 rings (SSSR count). The Labute approximate surface area is 160 Å². The molecule has 148 valence electrons. The predicted molar refractivity (Wildman–Crippen MR) is 106 cm³/mol. The summed E-state index contributed by atoms with van der Waals surface area (Å²) in [7, 11) is -1.38. The lowest BCUT2D eigenvalue weighted by atomic mass is 9.93. The van der Waals surface area contributed by atoms with E-state index < -0.39 is 10.2 Å². The van der Waals surface area contributed by atoms with Gasteiger partial charge in [0.15, 0.2) is 0 Å². The second-order valence-corrected chi connectivity index (χ2v) is 9.64. The lowest BCUT2D eigenvalue weighted by Gasteiger charge is -2.43. The number of likely N-dealkylation sites (N-methyl/N-ethyl adjacent to an activating group) is 1. The number of hydrogen-bond donors (Lipinski definition) is 1. The van der Waals surface area contributed by atoms with Crippen LogP contribution in [0, 0.1) is 5.92 Å². The number of piperidine rings is 2. The van der Waals surface area contributed by atoms with Crippen molar-refractivity contribution in [3.63, 3.8) is 0 Å². The molecule has 0 amide bonds. The van der Waals surface area contributed by atoms with E-state index in [0.29, 0.717) is 32.1 Å². The minimum Gasteiger partial charge on any atom is -0.354 e. The highest BCUT2D eigenvalue weighted by molar-refractivity contribution is 7.86. The average Bonchev–Trinajstić information content (AvgIpc) is 3.17. The van der Waals surface area contributed by atoms with Crippen LogP contribution in [-0.2, 0) is 10.2 Å². The molecule has 27 heavy (non-hydrogen) atoms.